The number of hydrogen-bond donors (Lipinski definition) is 0. The van der Waals surface area contributed by atoms with Gasteiger partial charge < -0.3 is 19.1 Å². The van der Waals surface area contributed by atoms with E-state index in [9.17, 15) is 9.59 Å². The molecule has 1 saturated heterocycles. The smallest absolute Gasteiger partial charge is 0.409 e. The van der Waals surface area contributed by atoms with E-state index in [4.69, 9.17) is 4.74 Å². The first-order chi connectivity index (χ1) is 11.2. The van der Waals surface area contributed by atoms with Gasteiger partial charge in [-0.2, -0.15) is 0 Å². The molecule has 3 rings (SSSR count). The third-order valence-corrected chi connectivity index (χ3v) is 4.02. The highest BCUT2D eigenvalue weighted by Gasteiger charge is 2.25. The summed E-state index contributed by atoms with van der Waals surface area (Å²) in [5.41, 5.74) is 1.68. The van der Waals surface area contributed by atoms with Gasteiger partial charge in [0.1, 0.15) is 0 Å². The third-order valence-electron chi connectivity index (χ3n) is 4.02. The monoisotopic (exact) mass is 313 g/mol. The second-order valence-corrected chi connectivity index (χ2v) is 5.39. The van der Waals surface area contributed by atoms with Crippen LogP contribution < -0.4 is 0 Å². The van der Waals surface area contributed by atoms with Crippen molar-refractivity contribution in [3.63, 3.8) is 0 Å². The van der Waals surface area contributed by atoms with E-state index in [2.05, 4.69) is 0 Å². The van der Waals surface area contributed by atoms with Gasteiger partial charge in [-0.15, -0.1) is 0 Å². The van der Waals surface area contributed by atoms with Gasteiger partial charge in [0.05, 0.1) is 7.11 Å². The van der Waals surface area contributed by atoms with Crippen molar-refractivity contribution in [1.82, 2.24) is 14.4 Å². The van der Waals surface area contributed by atoms with Gasteiger partial charge in [-0.25, -0.2) is 4.79 Å². The van der Waals surface area contributed by atoms with Crippen molar-refractivity contribution >= 4 is 12.0 Å². The van der Waals surface area contributed by atoms with Crippen molar-refractivity contribution in [2.24, 2.45) is 0 Å². The second-order valence-electron chi connectivity index (χ2n) is 5.39. The lowest BCUT2D eigenvalue weighted by Crippen LogP contribution is -2.50. The topological polar surface area (TPSA) is 54.8 Å². The maximum Gasteiger partial charge on any atom is 0.409 e. The molecule has 0 unspecified atom stereocenters. The van der Waals surface area contributed by atoms with Crippen LogP contribution in [-0.4, -0.2) is 59.7 Å². The number of nitrogens with zero attached hydrogens (tertiary/aromatic N) is 3. The van der Waals surface area contributed by atoms with Crippen LogP contribution in [0, 0.1) is 0 Å². The lowest BCUT2D eigenvalue weighted by atomic mass is 10.1. The molecule has 1 aliphatic heterocycles. The Morgan fingerprint density at radius 2 is 1.48 bits per heavy atom. The summed E-state index contributed by atoms with van der Waals surface area (Å²) >= 11 is 0. The van der Waals surface area contributed by atoms with E-state index in [0.717, 1.165) is 5.69 Å². The number of rotatable bonds is 2. The van der Waals surface area contributed by atoms with Crippen LogP contribution in [0.4, 0.5) is 4.79 Å². The van der Waals surface area contributed by atoms with Crippen molar-refractivity contribution in [2.75, 3.05) is 33.3 Å². The van der Waals surface area contributed by atoms with Crippen LogP contribution in [0.25, 0.3) is 5.69 Å². The molecule has 1 aromatic heterocycles. The number of aromatic nitrogens is 1. The van der Waals surface area contributed by atoms with Gasteiger partial charge >= 0.3 is 6.09 Å². The van der Waals surface area contributed by atoms with Crippen molar-refractivity contribution in [2.45, 2.75) is 0 Å². The highest BCUT2D eigenvalue weighted by molar-refractivity contribution is 5.94. The molecule has 0 saturated carbocycles. The maximum atomic E-state index is 12.5. The lowest BCUT2D eigenvalue weighted by molar-refractivity contribution is 0.0599. The molecule has 2 heterocycles. The van der Waals surface area contributed by atoms with Crippen LogP contribution in [-0.2, 0) is 4.74 Å². The largest absolute Gasteiger partial charge is 0.453 e. The minimum atomic E-state index is -0.340. The number of amides is 2. The first-order valence-corrected chi connectivity index (χ1v) is 7.54. The van der Waals surface area contributed by atoms with Crippen LogP contribution in [0.2, 0.25) is 0 Å². The zero-order valence-electron chi connectivity index (χ0n) is 13.0. The summed E-state index contributed by atoms with van der Waals surface area (Å²) < 4.78 is 6.69. The minimum absolute atomic E-state index is 0.00595. The number of benzene rings is 1. The minimum Gasteiger partial charge on any atom is -0.453 e. The molecule has 1 fully saturated rings. The van der Waals surface area contributed by atoms with Crippen molar-refractivity contribution in [3.05, 3.63) is 54.4 Å². The summed E-state index contributed by atoms with van der Waals surface area (Å²) in [5, 5.41) is 0. The summed E-state index contributed by atoms with van der Waals surface area (Å²) in [6, 6.07) is 11.4. The highest BCUT2D eigenvalue weighted by Crippen LogP contribution is 2.13. The summed E-state index contributed by atoms with van der Waals surface area (Å²) in [6.07, 6.45) is 3.58. The van der Waals surface area contributed by atoms with Gasteiger partial charge in [0, 0.05) is 49.8 Å². The molecule has 0 aliphatic carbocycles. The second kappa shape index (κ2) is 6.56. The molecule has 2 aromatic rings. The van der Waals surface area contributed by atoms with Gasteiger partial charge in [0.25, 0.3) is 5.91 Å². The van der Waals surface area contributed by atoms with E-state index >= 15 is 0 Å². The van der Waals surface area contributed by atoms with Gasteiger partial charge in [0.2, 0.25) is 0 Å². The third kappa shape index (κ3) is 3.21. The number of carbonyl (C=O) groups excluding carboxylic acids is 2. The van der Waals surface area contributed by atoms with Gasteiger partial charge in [-0.05, 0) is 36.4 Å². The van der Waals surface area contributed by atoms with Gasteiger partial charge in [-0.3, -0.25) is 4.79 Å². The van der Waals surface area contributed by atoms with E-state index in [1.807, 2.05) is 53.4 Å². The normalized spacial score (nSPS) is 14.7. The molecular weight excluding hydrogens is 294 g/mol. The van der Waals surface area contributed by atoms with Crippen LogP contribution in [0.15, 0.2) is 48.8 Å². The molecular formula is C17H19N3O3. The number of ether oxygens (including phenoxy) is 1. The maximum absolute atomic E-state index is 12.5. The molecule has 0 atom stereocenters. The lowest BCUT2D eigenvalue weighted by Gasteiger charge is -2.33. The molecule has 2 amide bonds. The van der Waals surface area contributed by atoms with E-state index < -0.39 is 0 Å². The molecule has 120 valence electrons. The SMILES string of the molecule is COC(=O)N1CCN(C(=O)c2ccc(-n3cccc3)cc2)CC1. The van der Waals surface area contributed by atoms with E-state index in [1.54, 1.807) is 9.80 Å². The van der Waals surface area contributed by atoms with Gasteiger partial charge in [0.15, 0.2) is 0 Å². The Morgan fingerprint density at radius 3 is 2.04 bits per heavy atom. The molecule has 0 N–H and O–H groups in total. The first-order valence-electron chi connectivity index (χ1n) is 7.54. The number of carbonyl (C=O) groups is 2. The number of hydrogen-bond acceptors (Lipinski definition) is 3. The Balaban J connectivity index is 1.64. The van der Waals surface area contributed by atoms with Crippen LogP contribution in [0.3, 0.4) is 0 Å². The zero-order valence-corrected chi connectivity index (χ0v) is 13.0. The Hall–Kier alpha value is -2.76. The molecule has 6 heteroatoms. The van der Waals surface area contributed by atoms with E-state index in [0.29, 0.717) is 31.7 Å². The van der Waals surface area contributed by atoms with E-state index in [-0.39, 0.29) is 12.0 Å². The fourth-order valence-electron chi connectivity index (χ4n) is 2.69. The Morgan fingerprint density at radius 1 is 0.913 bits per heavy atom. The van der Waals surface area contributed by atoms with Crippen molar-refractivity contribution in [1.29, 1.82) is 0 Å². The van der Waals surface area contributed by atoms with Gasteiger partial charge in [-0.1, -0.05) is 0 Å². The predicted molar refractivity (Wildman–Crippen MR) is 85.7 cm³/mol. The molecule has 1 aromatic carbocycles. The molecule has 0 bridgehead atoms. The molecule has 23 heavy (non-hydrogen) atoms. The standard InChI is InChI=1S/C17H19N3O3/c1-23-17(22)20-12-10-19(11-13-20)16(21)14-4-6-15(7-5-14)18-8-2-3-9-18/h2-9H,10-13H2,1H3. The summed E-state index contributed by atoms with van der Waals surface area (Å²) in [7, 11) is 1.37. The number of methoxy groups -OCH3 is 1. The van der Waals surface area contributed by atoms with Crippen LogP contribution in [0.5, 0.6) is 0 Å². The molecule has 0 radical (unpaired) electrons. The zero-order chi connectivity index (χ0) is 16.2. The quantitative estimate of drug-likeness (QED) is 0.852. The predicted octanol–water partition coefficient (Wildman–Crippen LogP) is 2.00. The Labute approximate surface area is 134 Å². The molecule has 6 nitrogen and oxygen atoms in total. The summed E-state index contributed by atoms with van der Waals surface area (Å²) in [4.78, 5) is 27.4. The molecule has 1 aliphatic rings. The number of piperazine rings is 1. The van der Waals surface area contributed by atoms with E-state index in [1.165, 1.54) is 7.11 Å². The molecule has 0 spiro atoms. The average molecular weight is 313 g/mol. The first kappa shape index (κ1) is 15.1. The fraction of sp³-hybridized carbons (Fsp3) is 0.294. The van der Waals surface area contributed by atoms with Crippen LogP contribution in [0.1, 0.15) is 10.4 Å². The van der Waals surface area contributed by atoms with Crippen LogP contribution >= 0.6 is 0 Å². The summed E-state index contributed by atoms with van der Waals surface area (Å²) in [5.74, 6) is -0.00595. The van der Waals surface area contributed by atoms with Crippen molar-refractivity contribution in [3.8, 4) is 5.69 Å². The average Bonchev–Trinajstić information content (AvgIpc) is 3.15. The van der Waals surface area contributed by atoms with Crippen molar-refractivity contribution < 1.29 is 14.3 Å². The summed E-state index contributed by atoms with van der Waals surface area (Å²) in [6.45, 7) is 2.04. The Kier molecular flexibility index (Phi) is 4.32. The highest BCUT2D eigenvalue weighted by atomic mass is 16.5. The Bertz CT molecular complexity index is 672. The fourth-order valence-corrected chi connectivity index (χ4v) is 2.69.